The van der Waals surface area contributed by atoms with E-state index in [-0.39, 0.29) is 11.5 Å². The molecule has 1 aliphatic rings. The Morgan fingerprint density at radius 3 is 2.76 bits per heavy atom. The Kier molecular flexibility index (Phi) is 5.27. The number of para-hydroxylation sites is 1. The molecule has 150 valence electrons. The second kappa shape index (κ2) is 7.87. The molecule has 3 aromatic rings. The first-order valence-electron chi connectivity index (χ1n) is 9.72. The number of H-pyrrole nitrogens is 1. The van der Waals surface area contributed by atoms with E-state index < -0.39 is 6.17 Å². The van der Waals surface area contributed by atoms with E-state index in [9.17, 15) is 9.59 Å². The number of aryl methyl sites for hydroxylation is 1. The fourth-order valence-corrected chi connectivity index (χ4v) is 4.64. The van der Waals surface area contributed by atoms with Gasteiger partial charge in [0.1, 0.15) is 5.69 Å². The number of anilines is 1. The molecule has 3 heterocycles. The van der Waals surface area contributed by atoms with Crippen LogP contribution in [0.25, 0.3) is 11.3 Å². The van der Waals surface area contributed by atoms with Crippen LogP contribution in [0.4, 0.5) is 5.69 Å². The fourth-order valence-electron chi connectivity index (χ4n) is 3.70. The lowest BCUT2D eigenvalue weighted by molar-refractivity contribution is -0.763. The molecule has 1 aromatic carbocycles. The Labute approximate surface area is 173 Å². The summed E-state index contributed by atoms with van der Waals surface area (Å²) in [6, 6.07) is 11.4. The van der Waals surface area contributed by atoms with Crippen molar-refractivity contribution in [3.05, 3.63) is 58.6 Å². The minimum atomic E-state index is -0.537. The smallest absolute Gasteiger partial charge is 0.325 e. The lowest BCUT2D eigenvalue weighted by Crippen LogP contribution is -2.61. The molecule has 7 nitrogen and oxygen atoms in total. The predicted molar refractivity (Wildman–Crippen MR) is 113 cm³/mol. The van der Waals surface area contributed by atoms with E-state index in [0.717, 1.165) is 24.3 Å². The van der Waals surface area contributed by atoms with Gasteiger partial charge in [0, 0.05) is 31.0 Å². The number of amides is 1. The van der Waals surface area contributed by atoms with Gasteiger partial charge >= 0.3 is 17.4 Å². The molecule has 0 saturated heterocycles. The number of aromatic nitrogens is 4. The molecule has 29 heavy (non-hydrogen) atoms. The minimum Gasteiger partial charge on any atom is -0.347 e. The summed E-state index contributed by atoms with van der Waals surface area (Å²) >= 11 is 1.53. The lowest BCUT2D eigenvalue weighted by Gasteiger charge is -2.31. The first-order chi connectivity index (χ1) is 14.0. The molecular formula is C21H24N5O2S+. The average molecular weight is 411 g/mol. The largest absolute Gasteiger partial charge is 0.347 e. The Bertz CT molecular complexity index is 1120. The van der Waals surface area contributed by atoms with Crippen molar-refractivity contribution in [3.63, 3.8) is 0 Å². The van der Waals surface area contributed by atoms with Crippen molar-refractivity contribution in [3.8, 4) is 11.3 Å². The summed E-state index contributed by atoms with van der Waals surface area (Å²) in [7, 11) is 1.93. The standard InChI is InChI=1S/C21H23N5O2S/c1-4-5-13-29-21-22-19(28)18-15-9-6-7-10-16(15)25(14(2)27)20(26(18)23-21)17-11-8-12-24(17)3/h6-12,20H,4-5,13H2,1-3H3/p+1/t20-/m1/s1. The summed E-state index contributed by atoms with van der Waals surface area (Å²) in [5.41, 5.74) is 2.55. The van der Waals surface area contributed by atoms with Gasteiger partial charge in [0.25, 0.3) is 0 Å². The zero-order valence-corrected chi connectivity index (χ0v) is 17.6. The molecular weight excluding hydrogens is 386 g/mol. The SMILES string of the molecule is CCCCSc1n[n+]2c(c(=O)[nH]1)-c1ccccc1N(C(C)=O)[C@H]2c1cccn1C. The van der Waals surface area contributed by atoms with Gasteiger partial charge in [0.05, 0.1) is 11.3 Å². The molecule has 0 aliphatic carbocycles. The van der Waals surface area contributed by atoms with Crippen LogP contribution < -0.4 is 15.1 Å². The Morgan fingerprint density at radius 2 is 2.07 bits per heavy atom. The first kappa shape index (κ1) is 19.4. The topological polar surface area (TPSA) is 74.9 Å². The summed E-state index contributed by atoms with van der Waals surface area (Å²) in [4.78, 5) is 30.5. The van der Waals surface area contributed by atoms with E-state index in [1.54, 1.807) is 16.5 Å². The molecule has 0 unspecified atom stereocenters. The van der Waals surface area contributed by atoms with E-state index in [2.05, 4.69) is 11.9 Å². The number of aromatic amines is 1. The number of nitrogens with zero attached hydrogens (tertiary/aromatic N) is 4. The highest BCUT2D eigenvalue weighted by Crippen LogP contribution is 2.37. The maximum Gasteiger partial charge on any atom is 0.325 e. The van der Waals surface area contributed by atoms with Crippen molar-refractivity contribution in [2.24, 2.45) is 7.05 Å². The highest BCUT2D eigenvalue weighted by molar-refractivity contribution is 7.99. The number of hydrogen-bond donors (Lipinski definition) is 1. The van der Waals surface area contributed by atoms with Crippen molar-refractivity contribution < 1.29 is 9.48 Å². The summed E-state index contributed by atoms with van der Waals surface area (Å²) in [6.07, 6.45) is 3.51. The van der Waals surface area contributed by atoms with Crippen LogP contribution in [0.5, 0.6) is 0 Å². The van der Waals surface area contributed by atoms with E-state index in [1.165, 1.54) is 11.8 Å². The van der Waals surface area contributed by atoms with Gasteiger partial charge in [-0.15, -0.1) is 0 Å². The molecule has 1 atom stereocenters. The summed E-state index contributed by atoms with van der Waals surface area (Å²) in [5, 5.41) is 5.34. The van der Waals surface area contributed by atoms with Crippen LogP contribution in [-0.2, 0) is 11.8 Å². The second-order valence-corrected chi connectivity index (χ2v) is 8.16. The van der Waals surface area contributed by atoms with Crippen LogP contribution in [0.2, 0.25) is 0 Å². The van der Waals surface area contributed by atoms with Gasteiger partial charge in [-0.05, 0) is 35.4 Å². The van der Waals surface area contributed by atoms with Gasteiger partial charge in [-0.3, -0.25) is 14.6 Å². The molecule has 0 radical (unpaired) electrons. The molecule has 0 fully saturated rings. The predicted octanol–water partition coefficient (Wildman–Crippen LogP) is 2.87. The van der Waals surface area contributed by atoms with Crippen LogP contribution in [-0.4, -0.2) is 26.3 Å². The molecule has 1 aliphatic heterocycles. The van der Waals surface area contributed by atoms with Crippen molar-refractivity contribution in [1.82, 2.24) is 14.6 Å². The first-order valence-corrected chi connectivity index (χ1v) is 10.7. The van der Waals surface area contributed by atoms with Gasteiger partial charge in [-0.25, -0.2) is 4.90 Å². The number of rotatable bonds is 5. The Hall–Kier alpha value is -2.87. The maximum atomic E-state index is 13.1. The van der Waals surface area contributed by atoms with Crippen LogP contribution in [0, 0.1) is 0 Å². The third kappa shape index (κ3) is 3.37. The molecule has 2 aromatic heterocycles. The average Bonchev–Trinajstić information content (AvgIpc) is 3.12. The van der Waals surface area contributed by atoms with Crippen LogP contribution >= 0.6 is 11.8 Å². The van der Waals surface area contributed by atoms with Crippen molar-refractivity contribution >= 4 is 23.4 Å². The zero-order valence-electron chi connectivity index (χ0n) is 16.8. The third-order valence-corrected chi connectivity index (χ3v) is 6.03. The van der Waals surface area contributed by atoms with Gasteiger partial charge in [-0.1, -0.05) is 37.2 Å². The summed E-state index contributed by atoms with van der Waals surface area (Å²) < 4.78 is 3.66. The molecule has 4 rings (SSSR count). The number of carbonyl (C=O) groups excluding carboxylic acids is 1. The number of hydrogen-bond acceptors (Lipinski definition) is 4. The number of thioether (sulfide) groups is 1. The van der Waals surface area contributed by atoms with Crippen molar-refractivity contribution in [1.29, 1.82) is 0 Å². The van der Waals surface area contributed by atoms with Gasteiger partial charge in [0.15, 0.2) is 0 Å². The molecule has 0 saturated carbocycles. The number of nitrogens with one attached hydrogen (secondary N) is 1. The quantitative estimate of drug-likeness (QED) is 0.399. The van der Waals surface area contributed by atoms with Crippen LogP contribution in [0.15, 0.2) is 52.5 Å². The zero-order chi connectivity index (χ0) is 20.5. The maximum absolute atomic E-state index is 13.1. The van der Waals surface area contributed by atoms with Crippen molar-refractivity contribution in [2.45, 2.75) is 38.0 Å². The van der Waals surface area contributed by atoms with Crippen LogP contribution in [0.1, 0.15) is 38.5 Å². The number of benzene rings is 1. The van der Waals surface area contributed by atoms with Gasteiger partial charge in [0.2, 0.25) is 11.1 Å². The third-order valence-electron chi connectivity index (χ3n) is 5.08. The number of fused-ring (bicyclic) bond motifs is 3. The highest BCUT2D eigenvalue weighted by atomic mass is 32.2. The molecule has 0 bridgehead atoms. The van der Waals surface area contributed by atoms with Crippen LogP contribution in [0.3, 0.4) is 0 Å². The number of carbonyl (C=O) groups is 1. The monoisotopic (exact) mass is 410 g/mol. The molecule has 1 amide bonds. The molecule has 0 spiro atoms. The van der Waals surface area contributed by atoms with E-state index in [4.69, 9.17) is 5.10 Å². The lowest BCUT2D eigenvalue weighted by atomic mass is 10.0. The minimum absolute atomic E-state index is 0.107. The second-order valence-electron chi connectivity index (χ2n) is 7.08. The number of unbranched alkanes of at least 4 members (excludes halogenated alkanes) is 1. The highest BCUT2D eigenvalue weighted by Gasteiger charge is 2.45. The summed E-state index contributed by atoms with van der Waals surface area (Å²) in [6.45, 7) is 3.67. The fraction of sp³-hybridized carbons (Fsp3) is 0.333. The summed E-state index contributed by atoms with van der Waals surface area (Å²) in [5.74, 6) is 0.768. The van der Waals surface area contributed by atoms with E-state index in [0.29, 0.717) is 22.1 Å². The Balaban J connectivity index is 1.98. The Morgan fingerprint density at radius 1 is 1.28 bits per heavy atom. The van der Waals surface area contributed by atoms with Gasteiger partial charge < -0.3 is 4.57 Å². The molecule has 8 heteroatoms. The van der Waals surface area contributed by atoms with E-state index >= 15 is 0 Å². The van der Waals surface area contributed by atoms with Crippen molar-refractivity contribution in [2.75, 3.05) is 10.7 Å². The normalized spacial score (nSPS) is 15.1. The van der Waals surface area contributed by atoms with E-state index in [1.807, 2.05) is 54.2 Å². The molecule has 1 N–H and O–H groups in total. The van der Waals surface area contributed by atoms with Gasteiger partial charge in [-0.2, -0.15) is 0 Å².